The molecule has 0 saturated carbocycles. The van der Waals surface area contributed by atoms with Crippen molar-refractivity contribution in [1.29, 1.82) is 0 Å². The minimum Gasteiger partial charge on any atom is -0.497 e. The fourth-order valence-corrected chi connectivity index (χ4v) is 8.37. The van der Waals surface area contributed by atoms with Crippen LogP contribution in [0.15, 0.2) is 87.1 Å². The smallest absolute Gasteiger partial charge is 0.308 e. The fraction of sp³-hybridized carbons (Fsp3) is 0.172. The number of halogens is 2. The molecule has 41 heavy (non-hydrogen) atoms. The number of benzene rings is 3. The minimum absolute atomic E-state index is 0.304. The molecule has 1 saturated heterocycles. The van der Waals surface area contributed by atoms with Crippen molar-refractivity contribution in [2.24, 2.45) is 5.92 Å². The van der Waals surface area contributed by atoms with Crippen molar-refractivity contribution in [3.05, 3.63) is 103 Å². The van der Waals surface area contributed by atoms with Gasteiger partial charge in [0.15, 0.2) is 0 Å². The molecule has 4 aromatic rings. The van der Waals surface area contributed by atoms with Gasteiger partial charge < -0.3 is 10.1 Å². The van der Waals surface area contributed by atoms with E-state index in [-0.39, 0.29) is 23.2 Å². The number of thiazole rings is 1. The summed E-state index contributed by atoms with van der Waals surface area (Å²) < 4.78 is 20.6. The second kappa shape index (κ2) is 10.9. The number of fused-ring (bicyclic) bond motifs is 2. The van der Waals surface area contributed by atoms with Gasteiger partial charge in [-0.2, -0.15) is 0 Å². The summed E-state index contributed by atoms with van der Waals surface area (Å²) in [7, 11) is 1.53. The van der Waals surface area contributed by atoms with Crippen molar-refractivity contribution in [1.82, 2.24) is 4.57 Å². The Balaban J connectivity index is 1.40. The van der Waals surface area contributed by atoms with Crippen LogP contribution in [0.4, 0.5) is 15.8 Å². The lowest BCUT2D eigenvalue weighted by Crippen LogP contribution is -2.33. The number of rotatable bonds is 6. The van der Waals surface area contributed by atoms with E-state index < -0.39 is 28.8 Å². The van der Waals surface area contributed by atoms with Crippen LogP contribution in [-0.2, 0) is 20.9 Å². The Kier molecular flexibility index (Phi) is 7.30. The molecule has 3 heterocycles. The molecule has 3 amide bonds. The topological polar surface area (TPSA) is 97.7 Å². The number of hydrogen-bond acceptors (Lipinski definition) is 7. The Hall–Kier alpha value is -3.74. The van der Waals surface area contributed by atoms with Crippen LogP contribution in [0.2, 0.25) is 0 Å². The molecule has 1 fully saturated rings. The number of methoxy groups -OCH3 is 1. The molecule has 0 bridgehead atoms. The van der Waals surface area contributed by atoms with Crippen molar-refractivity contribution >= 4 is 68.1 Å². The second-order valence-electron chi connectivity index (χ2n) is 9.49. The van der Waals surface area contributed by atoms with Gasteiger partial charge in [-0.15, -0.1) is 0 Å². The van der Waals surface area contributed by atoms with Gasteiger partial charge in [-0.3, -0.25) is 23.7 Å². The van der Waals surface area contributed by atoms with Gasteiger partial charge in [-0.1, -0.05) is 51.2 Å². The van der Waals surface area contributed by atoms with Crippen LogP contribution in [-0.4, -0.2) is 34.6 Å². The van der Waals surface area contributed by atoms with Gasteiger partial charge in [-0.25, -0.2) is 9.29 Å². The third-order valence-electron chi connectivity index (χ3n) is 7.02. The van der Waals surface area contributed by atoms with E-state index >= 15 is 0 Å². The number of nitrogens with one attached hydrogen (secondary N) is 1. The molecule has 2 aliphatic heterocycles. The first-order valence-corrected chi connectivity index (χ1v) is 15.0. The number of anilines is 2. The van der Waals surface area contributed by atoms with E-state index in [1.54, 1.807) is 24.3 Å². The molecular weight excluding hydrogens is 633 g/mol. The highest BCUT2D eigenvalue weighted by atomic mass is 79.9. The van der Waals surface area contributed by atoms with Gasteiger partial charge in [0.2, 0.25) is 17.7 Å². The molecule has 3 unspecified atom stereocenters. The van der Waals surface area contributed by atoms with Crippen LogP contribution in [0.1, 0.15) is 16.4 Å². The Morgan fingerprint density at radius 3 is 2.44 bits per heavy atom. The lowest BCUT2D eigenvalue weighted by atomic mass is 9.83. The molecule has 1 N–H and O–H groups in total. The summed E-state index contributed by atoms with van der Waals surface area (Å²) in [5, 5.41) is 2.36. The molecule has 0 spiro atoms. The highest BCUT2D eigenvalue weighted by molar-refractivity contribution is 9.10. The lowest BCUT2D eigenvalue weighted by Gasteiger charge is -2.30. The van der Waals surface area contributed by atoms with Crippen molar-refractivity contribution in [3.8, 4) is 5.75 Å². The summed E-state index contributed by atoms with van der Waals surface area (Å²) in [4.78, 5) is 55.4. The average molecular weight is 655 g/mol. The van der Waals surface area contributed by atoms with Crippen LogP contribution < -0.4 is 19.8 Å². The predicted octanol–water partition coefficient (Wildman–Crippen LogP) is 5.25. The summed E-state index contributed by atoms with van der Waals surface area (Å²) >= 11 is 5.61. The number of nitrogens with zero attached hydrogens (tertiary/aromatic N) is 2. The molecule has 3 atom stereocenters. The highest BCUT2D eigenvalue weighted by Gasteiger charge is 2.56. The number of carbonyl (C=O) groups is 3. The largest absolute Gasteiger partial charge is 0.497 e. The number of thioether (sulfide) groups is 1. The standard InChI is InChI=1S/C29H21BrFN3O5S2/c1-39-20-11-9-19(10-12-20)34-26(36)23-22(15-3-2-4-16(30)13-15)25-28(40-24(23)27(34)37)33(29(38)41-25)14-21(35)32-18-7-5-17(31)6-8-18/h2-13,22-24H,14H2,1H3,(H,32,35). The van der Waals surface area contributed by atoms with Crippen LogP contribution in [0.3, 0.4) is 0 Å². The molecule has 0 aliphatic carbocycles. The molecule has 2 aliphatic rings. The fourth-order valence-electron chi connectivity index (χ4n) is 5.18. The summed E-state index contributed by atoms with van der Waals surface area (Å²) in [5.41, 5.74) is 1.60. The number of amides is 3. The van der Waals surface area contributed by atoms with Crippen molar-refractivity contribution in [2.75, 3.05) is 17.3 Å². The lowest BCUT2D eigenvalue weighted by molar-refractivity contribution is -0.122. The third kappa shape index (κ3) is 5.00. The molecule has 8 nitrogen and oxygen atoms in total. The van der Waals surface area contributed by atoms with Crippen molar-refractivity contribution in [3.63, 3.8) is 0 Å². The van der Waals surface area contributed by atoms with Crippen LogP contribution >= 0.6 is 39.0 Å². The summed E-state index contributed by atoms with van der Waals surface area (Å²) in [6, 6.07) is 19.5. The summed E-state index contributed by atoms with van der Waals surface area (Å²) in [5.74, 6) is -2.39. The quantitative estimate of drug-likeness (QED) is 0.285. The number of aromatic nitrogens is 1. The zero-order valence-corrected chi connectivity index (χ0v) is 24.6. The van der Waals surface area contributed by atoms with Gasteiger partial charge >= 0.3 is 4.87 Å². The maximum absolute atomic E-state index is 14.0. The second-order valence-corrected chi connectivity index (χ2v) is 12.5. The van der Waals surface area contributed by atoms with Gasteiger partial charge in [0.1, 0.15) is 23.4 Å². The minimum atomic E-state index is -0.804. The number of carbonyl (C=O) groups excluding carboxylic acids is 3. The SMILES string of the molecule is COc1ccc(N2C(=O)C3Sc4c(sc(=O)n4CC(=O)Nc4ccc(F)cc4)C(c4cccc(Br)c4)C3C2=O)cc1. The zero-order chi connectivity index (χ0) is 28.8. The van der Waals surface area contributed by atoms with E-state index in [2.05, 4.69) is 21.2 Å². The Bertz CT molecular complexity index is 1740. The van der Waals surface area contributed by atoms with Crippen molar-refractivity contribution < 1.29 is 23.5 Å². The predicted molar refractivity (Wildman–Crippen MR) is 158 cm³/mol. The highest BCUT2D eigenvalue weighted by Crippen LogP contribution is 2.54. The number of ether oxygens (including phenoxy) is 1. The van der Waals surface area contributed by atoms with E-state index in [0.717, 1.165) is 33.1 Å². The summed E-state index contributed by atoms with van der Waals surface area (Å²) in [6.45, 7) is -0.304. The van der Waals surface area contributed by atoms with Gasteiger partial charge in [-0.05, 0) is 66.2 Å². The van der Waals surface area contributed by atoms with Crippen LogP contribution in [0, 0.1) is 11.7 Å². The Labute approximate surface area is 250 Å². The van der Waals surface area contributed by atoms with E-state index in [9.17, 15) is 23.6 Å². The first kappa shape index (κ1) is 27.4. The maximum Gasteiger partial charge on any atom is 0.308 e. The monoisotopic (exact) mass is 653 g/mol. The summed E-state index contributed by atoms with van der Waals surface area (Å²) in [6.07, 6.45) is 0. The first-order chi connectivity index (χ1) is 19.7. The van der Waals surface area contributed by atoms with E-state index in [0.29, 0.717) is 27.0 Å². The third-order valence-corrected chi connectivity index (χ3v) is 10.1. The van der Waals surface area contributed by atoms with Crippen LogP contribution in [0.5, 0.6) is 5.75 Å². The molecule has 6 rings (SSSR count). The molecule has 12 heteroatoms. The molecule has 1 aromatic heterocycles. The van der Waals surface area contributed by atoms with Crippen molar-refractivity contribution in [2.45, 2.75) is 22.7 Å². The molecule has 208 valence electrons. The van der Waals surface area contributed by atoms with Gasteiger partial charge in [0, 0.05) is 21.0 Å². The van der Waals surface area contributed by atoms with Crippen LogP contribution in [0.25, 0.3) is 0 Å². The molecule has 0 radical (unpaired) electrons. The Morgan fingerprint density at radius 2 is 1.76 bits per heavy atom. The maximum atomic E-state index is 14.0. The number of imide groups is 1. The number of hydrogen-bond donors (Lipinski definition) is 1. The van der Waals surface area contributed by atoms with E-state index in [1.807, 2.05) is 24.3 Å². The van der Waals surface area contributed by atoms with E-state index in [1.165, 1.54) is 40.8 Å². The van der Waals surface area contributed by atoms with E-state index in [4.69, 9.17) is 4.74 Å². The molecular formula is C29H21BrFN3O5S2. The average Bonchev–Trinajstić information content (AvgIpc) is 3.40. The zero-order valence-electron chi connectivity index (χ0n) is 21.4. The Morgan fingerprint density at radius 1 is 1.02 bits per heavy atom. The normalized spacial score (nSPS) is 19.6. The first-order valence-electron chi connectivity index (χ1n) is 12.5. The molecule has 3 aromatic carbocycles. The van der Waals surface area contributed by atoms with Gasteiger partial charge in [0.05, 0.1) is 23.7 Å². The van der Waals surface area contributed by atoms with Gasteiger partial charge in [0.25, 0.3) is 0 Å².